The zero-order valence-electron chi connectivity index (χ0n) is 23.3. The molecule has 2 aliphatic rings. The quantitative estimate of drug-likeness (QED) is 0.297. The van der Waals surface area contributed by atoms with E-state index in [1.807, 2.05) is 11.8 Å². The third-order valence-electron chi connectivity index (χ3n) is 7.11. The number of anilines is 2. The van der Waals surface area contributed by atoms with E-state index in [1.165, 1.54) is 24.2 Å². The number of nitrogens with one attached hydrogen (secondary N) is 1. The number of piperidine rings is 1. The minimum Gasteiger partial charge on any atom is -0.494 e. The average molecular weight is 567 g/mol. The fourth-order valence-corrected chi connectivity index (χ4v) is 5.54. The van der Waals surface area contributed by atoms with Gasteiger partial charge in [0.2, 0.25) is 5.91 Å². The van der Waals surface area contributed by atoms with Gasteiger partial charge in [-0.25, -0.2) is 4.79 Å². The number of amides is 2. The summed E-state index contributed by atoms with van der Waals surface area (Å²) in [5.41, 5.74) is 1.58. The number of likely N-dealkylation sites (tertiary alicyclic amines) is 1. The summed E-state index contributed by atoms with van der Waals surface area (Å²) in [6.45, 7) is 8.18. The van der Waals surface area contributed by atoms with Gasteiger partial charge in [0, 0.05) is 12.2 Å². The lowest BCUT2D eigenvalue weighted by atomic mass is 10.1. The summed E-state index contributed by atoms with van der Waals surface area (Å²) >= 11 is 5.80. The van der Waals surface area contributed by atoms with Gasteiger partial charge in [-0.05, 0) is 113 Å². The largest absolute Gasteiger partial charge is 0.494 e. The second-order valence-electron chi connectivity index (χ2n) is 9.90. The summed E-state index contributed by atoms with van der Waals surface area (Å²) in [7, 11) is 0. The van der Waals surface area contributed by atoms with Crippen molar-refractivity contribution in [2.24, 2.45) is 0 Å². The molecule has 0 saturated carbocycles. The number of hydrogen-bond acceptors (Lipinski definition) is 7. The van der Waals surface area contributed by atoms with Gasteiger partial charge in [-0.1, -0.05) is 6.42 Å². The lowest BCUT2D eigenvalue weighted by Gasteiger charge is -2.28. The molecule has 2 heterocycles. The van der Waals surface area contributed by atoms with Crippen molar-refractivity contribution in [1.29, 1.82) is 0 Å². The summed E-state index contributed by atoms with van der Waals surface area (Å²) in [4.78, 5) is 44.7. The molecule has 2 saturated heterocycles. The summed E-state index contributed by atoms with van der Waals surface area (Å²) in [6.07, 6.45) is 4.50. The number of carbonyl (C=O) groups is 3. The monoisotopic (exact) mass is 566 g/mol. The van der Waals surface area contributed by atoms with E-state index in [2.05, 4.69) is 10.2 Å². The van der Waals surface area contributed by atoms with Crippen LogP contribution in [0.15, 0.2) is 48.5 Å². The van der Waals surface area contributed by atoms with Crippen molar-refractivity contribution >= 4 is 46.5 Å². The molecule has 1 N–H and O–H groups in total. The lowest BCUT2D eigenvalue weighted by molar-refractivity contribution is -0.124. The smallest absolute Gasteiger partial charge is 0.338 e. The maximum atomic E-state index is 13.7. The predicted octanol–water partition coefficient (Wildman–Crippen LogP) is 4.47. The highest BCUT2D eigenvalue weighted by atomic mass is 32.1. The van der Waals surface area contributed by atoms with E-state index in [1.54, 1.807) is 55.5 Å². The van der Waals surface area contributed by atoms with Crippen LogP contribution < -0.4 is 15.0 Å². The van der Waals surface area contributed by atoms with Crippen LogP contribution in [0, 0.1) is 0 Å². The minimum absolute atomic E-state index is 0.0344. The molecular formula is C30H38N4O5S. The fourth-order valence-electron chi connectivity index (χ4n) is 5.12. The zero-order chi connectivity index (χ0) is 28.5. The van der Waals surface area contributed by atoms with E-state index < -0.39 is 12.0 Å². The first kappa shape index (κ1) is 29.5. The highest BCUT2D eigenvalue weighted by Gasteiger charge is 2.44. The Morgan fingerprint density at radius 2 is 1.65 bits per heavy atom. The molecule has 40 heavy (non-hydrogen) atoms. The Labute approximate surface area is 241 Å². The van der Waals surface area contributed by atoms with Crippen molar-refractivity contribution in [3.05, 3.63) is 54.1 Å². The number of esters is 1. The molecule has 0 unspecified atom stereocenters. The molecule has 214 valence electrons. The summed E-state index contributed by atoms with van der Waals surface area (Å²) in [6, 6.07) is 13.0. The predicted molar refractivity (Wildman–Crippen MR) is 159 cm³/mol. The Hall–Kier alpha value is -3.50. The molecule has 2 aromatic rings. The van der Waals surface area contributed by atoms with Crippen LogP contribution in [0.3, 0.4) is 0 Å². The van der Waals surface area contributed by atoms with E-state index in [4.69, 9.17) is 21.7 Å². The molecule has 9 nitrogen and oxygen atoms in total. The van der Waals surface area contributed by atoms with Crippen molar-refractivity contribution < 1.29 is 23.9 Å². The Balaban J connectivity index is 1.48. The summed E-state index contributed by atoms with van der Waals surface area (Å²) in [5, 5.41) is 3.26. The molecule has 10 heteroatoms. The first-order valence-corrected chi connectivity index (χ1v) is 14.5. The van der Waals surface area contributed by atoms with E-state index >= 15 is 0 Å². The van der Waals surface area contributed by atoms with Gasteiger partial charge in [0.25, 0.3) is 5.91 Å². The van der Waals surface area contributed by atoms with Gasteiger partial charge >= 0.3 is 5.97 Å². The van der Waals surface area contributed by atoms with Crippen LogP contribution in [0.2, 0.25) is 0 Å². The Morgan fingerprint density at radius 1 is 0.950 bits per heavy atom. The molecule has 0 aromatic heterocycles. The first-order valence-electron chi connectivity index (χ1n) is 14.1. The first-order chi connectivity index (χ1) is 19.4. The zero-order valence-corrected chi connectivity index (χ0v) is 24.1. The van der Waals surface area contributed by atoms with Crippen molar-refractivity contribution in [2.75, 3.05) is 49.6 Å². The molecular weight excluding hydrogens is 528 g/mol. The lowest BCUT2D eigenvalue weighted by Crippen LogP contribution is -2.40. The van der Waals surface area contributed by atoms with Gasteiger partial charge in [-0.15, -0.1) is 0 Å². The third kappa shape index (κ3) is 7.37. The SMILES string of the molecule is CCOC(=O)c1ccc(N2C(=O)[C@H](CC(=O)Nc3ccc(OCC)cc3)N(CCCN3CCCCC3)C2=S)cc1. The Kier molecular flexibility index (Phi) is 10.5. The standard InChI is InChI=1S/C30H38N4O5S/c1-3-38-25-15-11-23(12-16-25)31-27(35)21-26-28(36)34(24-13-9-22(10-14-24)29(37)39-4-2)30(40)33(26)20-8-19-32-17-6-5-7-18-32/h9-16,26H,3-8,17-21H2,1-2H3,(H,31,35)/t26-/m0/s1. The molecule has 0 bridgehead atoms. The number of ether oxygens (including phenoxy) is 2. The molecule has 2 aliphatic heterocycles. The van der Waals surface area contributed by atoms with Gasteiger partial charge in [-0.2, -0.15) is 0 Å². The highest BCUT2D eigenvalue weighted by molar-refractivity contribution is 7.80. The number of hydrogen-bond donors (Lipinski definition) is 1. The van der Waals surface area contributed by atoms with Crippen LogP contribution >= 0.6 is 12.2 Å². The van der Waals surface area contributed by atoms with Crippen molar-refractivity contribution in [2.45, 2.75) is 52.0 Å². The van der Waals surface area contributed by atoms with Crippen LogP contribution in [-0.2, 0) is 14.3 Å². The van der Waals surface area contributed by atoms with Gasteiger partial charge in [0.1, 0.15) is 11.8 Å². The average Bonchev–Trinajstić information content (AvgIpc) is 3.19. The van der Waals surface area contributed by atoms with Crippen molar-refractivity contribution in [1.82, 2.24) is 9.80 Å². The molecule has 4 rings (SSSR count). The normalized spacial score (nSPS) is 17.7. The van der Waals surface area contributed by atoms with Gasteiger partial charge in [0.05, 0.1) is 30.9 Å². The molecule has 0 spiro atoms. The minimum atomic E-state index is -0.721. The number of nitrogens with zero attached hydrogens (tertiary/aromatic N) is 3. The number of benzene rings is 2. The van der Waals surface area contributed by atoms with Gasteiger partial charge in [-0.3, -0.25) is 14.5 Å². The van der Waals surface area contributed by atoms with E-state index in [-0.39, 0.29) is 24.8 Å². The van der Waals surface area contributed by atoms with Gasteiger partial charge in [0.15, 0.2) is 5.11 Å². The number of thiocarbonyl (C=S) groups is 1. The molecule has 0 aliphatic carbocycles. The molecule has 0 radical (unpaired) electrons. The van der Waals surface area contributed by atoms with E-state index in [0.717, 1.165) is 31.8 Å². The van der Waals surface area contributed by atoms with Gasteiger partial charge < -0.3 is 24.6 Å². The summed E-state index contributed by atoms with van der Waals surface area (Å²) in [5.74, 6) is -0.228. The van der Waals surface area contributed by atoms with Crippen molar-refractivity contribution in [3.8, 4) is 5.75 Å². The topological polar surface area (TPSA) is 91.4 Å². The molecule has 1 atom stereocenters. The number of carbonyl (C=O) groups excluding carboxylic acids is 3. The van der Waals surface area contributed by atoms with E-state index in [9.17, 15) is 14.4 Å². The van der Waals surface area contributed by atoms with Crippen molar-refractivity contribution in [3.63, 3.8) is 0 Å². The second-order valence-corrected chi connectivity index (χ2v) is 10.3. The van der Waals surface area contributed by atoms with Crippen LogP contribution in [0.4, 0.5) is 11.4 Å². The Bertz CT molecular complexity index is 1180. The third-order valence-corrected chi connectivity index (χ3v) is 7.52. The molecule has 2 fully saturated rings. The fraction of sp³-hybridized carbons (Fsp3) is 0.467. The second kappa shape index (κ2) is 14.2. The van der Waals surface area contributed by atoms with Crippen LogP contribution in [0.1, 0.15) is 56.3 Å². The molecule has 2 amide bonds. The maximum Gasteiger partial charge on any atom is 0.338 e. The number of rotatable bonds is 12. The highest BCUT2D eigenvalue weighted by Crippen LogP contribution is 2.28. The van der Waals surface area contributed by atoms with Crippen LogP contribution in [0.25, 0.3) is 0 Å². The maximum absolute atomic E-state index is 13.7. The summed E-state index contributed by atoms with van der Waals surface area (Å²) < 4.78 is 10.5. The van der Waals surface area contributed by atoms with Crippen LogP contribution in [0.5, 0.6) is 5.75 Å². The van der Waals surface area contributed by atoms with E-state index in [0.29, 0.717) is 35.2 Å². The van der Waals surface area contributed by atoms with Crippen LogP contribution in [-0.4, -0.2) is 78.1 Å². The molecule has 2 aromatic carbocycles. The Morgan fingerprint density at radius 3 is 2.30 bits per heavy atom.